The number of nitrogens with zero attached hydrogens (tertiary/aromatic N) is 4. The van der Waals surface area contributed by atoms with Crippen LogP contribution in [0.3, 0.4) is 0 Å². The van der Waals surface area contributed by atoms with Crippen molar-refractivity contribution >= 4 is 5.96 Å². The lowest BCUT2D eigenvalue weighted by Crippen LogP contribution is -2.47. The Balaban J connectivity index is 1.50. The maximum absolute atomic E-state index is 12.1. The smallest absolute Gasteiger partial charge is 0.370 e. The third kappa shape index (κ3) is 6.46. The van der Waals surface area contributed by atoms with E-state index in [2.05, 4.69) is 25.0 Å². The normalized spacial score (nSPS) is 18.0. The summed E-state index contributed by atoms with van der Waals surface area (Å²) in [6.45, 7) is 1.22. The Hall–Kier alpha value is -2.59. The fourth-order valence-corrected chi connectivity index (χ4v) is 3.20. The monoisotopic (exact) mass is 425 g/mol. The molecule has 0 aliphatic carbocycles. The molecule has 7 nitrogen and oxygen atoms in total. The lowest BCUT2D eigenvalue weighted by atomic mass is 10.1. The fraction of sp³-hybridized carbons (Fsp3) is 0.500. The van der Waals surface area contributed by atoms with Gasteiger partial charge in [-0.05, 0) is 11.1 Å². The van der Waals surface area contributed by atoms with Crippen molar-refractivity contribution in [3.63, 3.8) is 0 Å². The van der Waals surface area contributed by atoms with Crippen LogP contribution in [0.2, 0.25) is 0 Å². The van der Waals surface area contributed by atoms with Crippen LogP contribution < -0.4 is 5.32 Å². The lowest BCUT2D eigenvalue weighted by Gasteiger charge is -2.34. The molecule has 2 heterocycles. The second-order valence-corrected chi connectivity index (χ2v) is 7.08. The molecule has 1 aliphatic heterocycles. The van der Waals surface area contributed by atoms with Gasteiger partial charge in [0.2, 0.25) is 0 Å². The summed E-state index contributed by atoms with van der Waals surface area (Å²) in [7, 11) is 3.61. The number of halogens is 3. The van der Waals surface area contributed by atoms with Crippen LogP contribution in [0, 0.1) is 0 Å². The molecule has 0 spiro atoms. The van der Waals surface area contributed by atoms with E-state index in [0.717, 1.165) is 23.6 Å². The highest BCUT2D eigenvalue weighted by Gasteiger charge is 2.27. The van der Waals surface area contributed by atoms with Crippen molar-refractivity contribution in [2.75, 3.05) is 33.4 Å². The number of aliphatic imine (C=N–C) groups is 1. The van der Waals surface area contributed by atoms with Gasteiger partial charge in [-0.2, -0.15) is 18.3 Å². The number of aryl methyl sites for hydroxylation is 1. The number of morpholine rings is 1. The molecule has 10 heteroatoms. The van der Waals surface area contributed by atoms with E-state index in [1.807, 2.05) is 31.6 Å². The predicted octanol–water partition coefficient (Wildman–Crippen LogP) is 2.65. The van der Waals surface area contributed by atoms with Crippen LogP contribution in [-0.4, -0.2) is 60.2 Å². The van der Waals surface area contributed by atoms with Crippen molar-refractivity contribution < 1.29 is 22.6 Å². The van der Waals surface area contributed by atoms with Crippen LogP contribution in [0.5, 0.6) is 0 Å². The molecule has 1 aromatic carbocycles. The third-order valence-electron chi connectivity index (χ3n) is 4.68. The first-order valence-electron chi connectivity index (χ1n) is 9.62. The molecule has 0 saturated carbocycles. The van der Waals surface area contributed by atoms with Crippen LogP contribution >= 0.6 is 0 Å². The average Bonchev–Trinajstić information content (AvgIpc) is 3.15. The molecule has 30 heavy (non-hydrogen) atoms. The molecule has 1 aromatic heterocycles. The minimum absolute atomic E-state index is 0.0676. The highest BCUT2D eigenvalue weighted by Crippen LogP contribution is 2.21. The molecule has 3 rings (SSSR count). The Bertz CT molecular complexity index is 836. The molecule has 1 saturated heterocycles. The number of ether oxygens (including phenoxy) is 2. The third-order valence-corrected chi connectivity index (χ3v) is 4.68. The number of guanidine groups is 1. The van der Waals surface area contributed by atoms with Gasteiger partial charge in [0.1, 0.15) is 12.7 Å². The van der Waals surface area contributed by atoms with E-state index in [1.54, 1.807) is 23.9 Å². The van der Waals surface area contributed by atoms with Gasteiger partial charge < -0.3 is 19.7 Å². The average molecular weight is 425 g/mol. The summed E-state index contributed by atoms with van der Waals surface area (Å²) in [6, 6.07) is 7.27. The molecule has 1 atom stereocenters. The van der Waals surface area contributed by atoms with Gasteiger partial charge in [0.05, 0.1) is 26.0 Å². The highest BCUT2D eigenvalue weighted by molar-refractivity contribution is 5.80. The fourth-order valence-electron chi connectivity index (χ4n) is 3.20. The molecule has 2 aromatic rings. The second kappa shape index (κ2) is 9.94. The maximum Gasteiger partial charge on any atom is 0.411 e. The van der Waals surface area contributed by atoms with Gasteiger partial charge in [0.15, 0.2) is 5.96 Å². The molecule has 0 radical (unpaired) electrons. The number of hydrogen-bond donors (Lipinski definition) is 1. The van der Waals surface area contributed by atoms with Crippen molar-refractivity contribution in [1.82, 2.24) is 20.0 Å². The number of benzene rings is 1. The second-order valence-electron chi connectivity index (χ2n) is 7.08. The van der Waals surface area contributed by atoms with E-state index in [-0.39, 0.29) is 12.7 Å². The van der Waals surface area contributed by atoms with Gasteiger partial charge >= 0.3 is 6.18 Å². The zero-order valence-electron chi connectivity index (χ0n) is 17.0. The molecular formula is C20H26F3N5O2. The topological polar surface area (TPSA) is 63.9 Å². The van der Waals surface area contributed by atoms with Crippen LogP contribution in [0.4, 0.5) is 13.2 Å². The van der Waals surface area contributed by atoms with E-state index >= 15 is 0 Å². The summed E-state index contributed by atoms with van der Waals surface area (Å²) < 4.78 is 48.7. The summed E-state index contributed by atoms with van der Waals surface area (Å²) in [5.41, 5.74) is 2.72. The highest BCUT2D eigenvalue weighted by atomic mass is 19.4. The van der Waals surface area contributed by atoms with Crippen molar-refractivity contribution in [2.45, 2.75) is 25.4 Å². The first-order valence-corrected chi connectivity index (χ1v) is 9.62. The molecule has 1 aliphatic rings. The van der Waals surface area contributed by atoms with Gasteiger partial charge in [-0.25, -0.2) is 0 Å². The Kier molecular flexibility index (Phi) is 7.33. The van der Waals surface area contributed by atoms with Crippen molar-refractivity contribution in [3.05, 3.63) is 53.3 Å². The largest absolute Gasteiger partial charge is 0.411 e. The van der Waals surface area contributed by atoms with Gasteiger partial charge in [-0.15, -0.1) is 0 Å². The predicted molar refractivity (Wildman–Crippen MR) is 106 cm³/mol. The Morgan fingerprint density at radius 3 is 2.67 bits per heavy atom. The summed E-state index contributed by atoms with van der Waals surface area (Å²) in [5, 5.41) is 7.54. The Labute approximate surface area is 173 Å². The number of nitrogens with one attached hydrogen (secondary N) is 1. The molecule has 1 unspecified atom stereocenters. The Morgan fingerprint density at radius 2 is 2.03 bits per heavy atom. The van der Waals surface area contributed by atoms with Crippen molar-refractivity contribution in [1.29, 1.82) is 0 Å². The summed E-state index contributed by atoms with van der Waals surface area (Å²) in [4.78, 5) is 6.51. The van der Waals surface area contributed by atoms with E-state index < -0.39 is 12.8 Å². The van der Waals surface area contributed by atoms with Crippen molar-refractivity contribution in [2.24, 2.45) is 12.0 Å². The van der Waals surface area contributed by atoms with E-state index in [4.69, 9.17) is 4.74 Å². The van der Waals surface area contributed by atoms with Gasteiger partial charge in [0.25, 0.3) is 0 Å². The van der Waals surface area contributed by atoms with Gasteiger partial charge in [0, 0.05) is 38.9 Å². The van der Waals surface area contributed by atoms with Crippen LogP contribution in [-0.2, 0) is 29.7 Å². The van der Waals surface area contributed by atoms with Crippen LogP contribution in [0.1, 0.15) is 22.8 Å². The lowest BCUT2D eigenvalue weighted by molar-refractivity contribution is -0.176. The van der Waals surface area contributed by atoms with Gasteiger partial charge in [-0.3, -0.25) is 9.67 Å². The number of aromatic nitrogens is 2. The first-order chi connectivity index (χ1) is 14.3. The zero-order chi connectivity index (χ0) is 21.6. The molecule has 0 bridgehead atoms. The molecule has 0 amide bonds. The number of hydrogen-bond acceptors (Lipinski definition) is 4. The first kappa shape index (κ1) is 22.1. The van der Waals surface area contributed by atoms with E-state index in [9.17, 15) is 13.2 Å². The quantitative estimate of drug-likeness (QED) is 0.570. The molecule has 1 fully saturated rings. The van der Waals surface area contributed by atoms with Gasteiger partial charge in [-0.1, -0.05) is 24.3 Å². The standard InChI is InChI=1S/C20H26F3N5O2/c1-24-19(28-7-8-30-18(12-28)17-10-26-27(2)11-17)25-9-15-3-5-16(6-4-15)13-29-14-20(21,22)23/h3-6,10-11,18H,7-9,12-14H2,1-2H3,(H,24,25). The van der Waals surface area contributed by atoms with E-state index in [0.29, 0.717) is 25.3 Å². The van der Waals surface area contributed by atoms with Crippen molar-refractivity contribution in [3.8, 4) is 0 Å². The molecule has 164 valence electrons. The summed E-state index contributed by atoms with van der Waals surface area (Å²) >= 11 is 0. The minimum Gasteiger partial charge on any atom is -0.370 e. The van der Waals surface area contributed by atoms with Crippen LogP contribution in [0.15, 0.2) is 41.7 Å². The number of rotatable bonds is 6. The minimum atomic E-state index is -4.31. The number of alkyl halides is 3. The summed E-state index contributed by atoms with van der Waals surface area (Å²) in [5.74, 6) is 0.768. The van der Waals surface area contributed by atoms with Crippen LogP contribution in [0.25, 0.3) is 0 Å². The SMILES string of the molecule is CN=C(NCc1ccc(COCC(F)(F)F)cc1)N1CCOC(c2cnn(C)c2)C1. The zero-order valence-corrected chi connectivity index (χ0v) is 17.0. The summed E-state index contributed by atoms with van der Waals surface area (Å²) in [6.07, 6.45) is -0.619. The molecule has 1 N–H and O–H groups in total. The van der Waals surface area contributed by atoms with E-state index in [1.165, 1.54) is 0 Å². The maximum atomic E-state index is 12.1. The molecular weight excluding hydrogens is 399 g/mol. The Morgan fingerprint density at radius 1 is 1.30 bits per heavy atom.